The second-order valence-electron chi connectivity index (χ2n) is 4.83. The quantitative estimate of drug-likeness (QED) is 0.442. The van der Waals surface area contributed by atoms with E-state index in [1.54, 1.807) is 12.1 Å². The molecule has 1 aromatic rings. The third-order valence-corrected chi connectivity index (χ3v) is 3.38. The van der Waals surface area contributed by atoms with Crippen molar-refractivity contribution in [3.63, 3.8) is 0 Å². The molecule has 0 bridgehead atoms. The zero-order valence-corrected chi connectivity index (χ0v) is 13.0. The predicted molar refractivity (Wildman–Crippen MR) is 77.7 cm³/mol. The van der Waals surface area contributed by atoms with Crippen molar-refractivity contribution in [2.75, 3.05) is 6.61 Å². The van der Waals surface area contributed by atoms with Crippen molar-refractivity contribution in [3.05, 3.63) is 34.9 Å². The Labute approximate surface area is 137 Å². The minimum absolute atomic E-state index is 0.111. The highest BCUT2D eigenvalue weighted by atomic mass is 35.5. The van der Waals surface area contributed by atoms with E-state index >= 15 is 0 Å². The SMILES string of the molecule is CC(=O)OC1CC(OC(=O)c2ccc(Cl)cc2)C(COC=O)O1. The maximum Gasteiger partial charge on any atom is 0.338 e. The van der Waals surface area contributed by atoms with Crippen LogP contribution >= 0.6 is 11.6 Å². The van der Waals surface area contributed by atoms with Crippen LogP contribution in [0.1, 0.15) is 23.7 Å². The topological polar surface area (TPSA) is 88.1 Å². The number of ether oxygens (including phenoxy) is 4. The van der Waals surface area contributed by atoms with Crippen molar-refractivity contribution in [2.45, 2.75) is 31.8 Å². The van der Waals surface area contributed by atoms with Crippen LogP contribution in [0.5, 0.6) is 0 Å². The van der Waals surface area contributed by atoms with Gasteiger partial charge in [-0.15, -0.1) is 0 Å². The standard InChI is InChI=1S/C15H15ClO7/c1-9(18)21-14-6-12(13(22-14)7-20-8-17)23-15(19)10-2-4-11(16)5-3-10/h2-5,8,12-14H,6-7H2,1H3. The summed E-state index contributed by atoms with van der Waals surface area (Å²) in [5.41, 5.74) is 0.320. The van der Waals surface area contributed by atoms with Crippen molar-refractivity contribution in [1.29, 1.82) is 0 Å². The molecule has 23 heavy (non-hydrogen) atoms. The number of hydrogen-bond donors (Lipinski definition) is 0. The molecule has 0 saturated carbocycles. The Balaban J connectivity index is 2.01. The van der Waals surface area contributed by atoms with Gasteiger partial charge in [0, 0.05) is 11.9 Å². The summed E-state index contributed by atoms with van der Waals surface area (Å²) in [7, 11) is 0. The minimum Gasteiger partial charge on any atom is -0.465 e. The lowest BCUT2D eigenvalue weighted by molar-refractivity contribution is -0.177. The molecule has 8 heteroatoms. The molecular formula is C15H15ClO7. The first-order valence-electron chi connectivity index (χ1n) is 6.84. The Morgan fingerprint density at radius 3 is 2.61 bits per heavy atom. The molecular weight excluding hydrogens is 328 g/mol. The van der Waals surface area contributed by atoms with Gasteiger partial charge in [-0.1, -0.05) is 11.6 Å². The van der Waals surface area contributed by atoms with Crippen LogP contribution in [0.25, 0.3) is 0 Å². The van der Waals surface area contributed by atoms with Crippen LogP contribution in [0, 0.1) is 0 Å². The molecule has 1 fully saturated rings. The predicted octanol–water partition coefficient (Wildman–Crippen LogP) is 1.72. The molecule has 0 radical (unpaired) electrons. The average molecular weight is 343 g/mol. The Morgan fingerprint density at radius 1 is 1.30 bits per heavy atom. The van der Waals surface area contributed by atoms with Gasteiger partial charge in [-0.05, 0) is 24.3 Å². The molecule has 1 aliphatic rings. The van der Waals surface area contributed by atoms with Gasteiger partial charge in [-0.3, -0.25) is 9.59 Å². The van der Waals surface area contributed by atoms with Crippen LogP contribution in [0.15, 0.2) is 24.3 Å². The minimum atomic E-state index is -0.851. The monoisotopic (exact) mass is 342 g/mol. The smallest absolute Gasteiger partial charge is 0.338 e. The van der Waals surface area contributed by atoms with Gasteiger partial charge in [0.1, 0.15) is 18.8 Å². The number of carbonyl (C=O) groups excluding carboxylic acids is 3. The molecule has 0 amide bonds. The zero-order valence-electron chi connectivity index (χ0n) is 12.3. The number of benzene rings is 1. The van der Waals surface area contributed by atoms with E-state index in [-0.39, 0.29) is 19.5 Å². The lowest BCUT2D eigenvalue weighted by Gasteiger charge is -2.17. The van der Waals surface area contributed by atoms with E-state index in [0.717, 1.165) is 0 Å². The van der Waals surface area contributed by atoms with Crippen molar-refractivity contribution in [3.8, 4) is 0 Å². The normalized spacial score (nSPS) is 23.1. The molecule has 0 aliphatic carbocycles. The second-order valence-corrected chi connectivity index (χ2v) is 5.27. The third kappa shape index (κ3) is 4.94. The highest BCUT2D eigenvalue weighted by Crippen LogP contribution is 2.26. The fourth-order valence-corrected chi connectivity index (χ4v) is 2.26. The number of esters is 2. The van der Waals surface area contributed by atoms with Crippen molar-refractivity contribution in [1.82, 2.24) is 0 Å². The van der Waals surface area contributed by atoms with E-state index in [1.807, 2.05) is 0 Å². The highest BCUT2D eigenvalue weighted by molar-refractivity contribution is 6.30. The van der Waals surface area contributed by atoms with Crippen LogP contribution in [-0.2, 0) is 28.5 Å². The molecule has 3 atom stereocenters. The number of carbonyl (C=O) groups is 3. The molecule has 0 aromatic heterocycles. The first-order valence-corrected chi connectivity index (χ1v) is 7.22. The summed E-state index contributed by atoms with van der Waals surface area (Å²) in [6, 6.07) is 6.19. The summed E-state index contributed by atoms with van der Waals surface area (Å²) in [5.74, 6) is -1.09. The summed E-state index contributed by atoms with van der Waals surface area (Å²) in [6.07, 6.45) is -2.11. The van der Waals surface area contributed by atoms with Crippen molar-refractivity contribution in [2.24, 2.45) is 0 Å². The fraction of sp³-hybridized carbons (Fsp3) is 0.400. The van der Waals surface area contributed by atoms with Crippen LogP contribution < -0.4 is 0 Å². The largest absolute Gasteiger partial charge is 0.465 e. The Morgan fingerprint density at radius 2 is 2.00 bits per heavy atom. The van der Waals surface area contributed by atoms with Gasteiger partial charge >= 0.3 is 11.9 Å². The van der Waals surface area contributed by atoms with Gasteiger partial charge < -0.3 is 18.9 Å². The summed E-state index contributed by atoms with van der Waals surface area (Å²) >= 11 is 5.76. The fourth-order valence-electron chi connectivity index (χ4n) is 2.14. The van der Waals surface area contributed by atoms with Gasteiger partial charge in [0.2, 0.25) is 6.29 Å². The number of hydrogen-bond acceptors (Lipinski definition) is 7. The van der Waals surface area contributed by atoms with E-state index in [9.17, 15) is 14.4 Å². The van der Waals surface area contributed by atoms with E-state index in [4.69, 9.17) is 25.8 Å². The maximum atomic E-state index is 12.1. The van der Waals surface area contributed by atoms with Crippen LogP contribution in [-0.4, -0.2) is 43.5 Å². The highest BCUT2D eigenvalue weighted by Gasteiger charge is 2.40. The van der Waals surface area contributed by atoms with Gasteiger partial charge in [-0.2, -0.15) is 0 Å². The van der Waals surface area contributed by atoms with Crippen LogP contribution in [0.4, 0.5) is 0 Å². The summed E-state index contributed by atoms with van der Waals surface area (Å²) in [4.78, 5) is 33.4. The second kappa shape index (κ2) is 7.94. The van der Waals surface area contributed by atoms with Gasteiger partial charge in [0.25, 0.3) is 6.47 Å². The summed E-state index contributed by atoms with van der Waals surface area (Å²) in [5, 5.41) is 0.498. The molecule has 1 heterocycles. The first-order chi connectivity index (χ1) is 11.0. The Hall–Kier alpha value is -2.12. The maximum absolute atomic E-state index is 12.1. The molecule has 1 aromatic carbocycles. The first kappa shape index (κ1) is 17.2. The average Bonchev–Trinajstić information content (AvgIpc) is 2.86. The lowest BCUT2D eigenvalue weighted by Crippen LogP contribution is -2.31. The molecule has 1 aliphatic heterocycles. The van der Waals surface area contributed by atoms with E-state index in [1.165, 1.54) is 19.1 Å². The van der Waals surface area contributed by atoms with Crippen LogP contribution in [0.2, 0.25) is 5.02 Å². The number of rotatable bonds is 6. The Kier molecular flexibility index (Phi) is 5.95. The number of halogens is 1. The molecule has 2 rings (SSSR count). The third-order valence-electron chi connectivity index (χ3n) is 3.13. The van der Waals surface area contributed by atoms with Crippen molar-refractivity contribution >= 4 is 30.0 Å². The Bertz CT molecular complexity index is 572. The van der Waals surface area contributed by atoms with Gasteiger partial charge in [0.15, 0.2) is 0 Å². The van der Waals surface area contributed by atoms with E-state index in [2.05, 4.69) is 4.74 Å². The van der Waals surface area contributed by atoms with Crippen molar-refractivity contribution < 1.29 is 33.3 Å². The van der Waals surface area contributed by atoms with Crippen LogP contribution in [0.3, 0.4) is 0 Å². The van der Waals surface area contributed by atoms with E-state index < -0.39 is 30.4 Å². The van der Waals surface area contributed by atoms with Gasteiger partial charge in [0.05, 0.1) is 12.0 Å². The van der Waals surface area contributed by atoms with Gasteiger partial charge in [-0.25, -0.2) is 4.79 Å². The summed E-state index contributed by atoms with van der Waals surface area (Å²) in [6.45, 7) is 1.40. The molecule has 0 spiro atoms. The molecule has 7 nitrogen and oxygen atoms in total. The molecule has 124 valence electrons. The summed E-state index contributed by atoms with van der Waals surface area (Å²) < 4.78 is 20.4. The van der Waals surface area contributed by atoms with E-state index in [0.29, 0.717) is 10.6 Å². The molecule has 0 N–H and O–H groups in total. The zero-order chi connectivity index (χ0) is 16.8. The molecule has 3 unspecified atom stereocenters. The molecule has 1 saturated heterocycles. The lowest BCUT2D eigenvalue weighted by atomic mass is 10.2.